The SMILES string of the molecule is CC(C)C(=O)CCOCCCOCC(=O)C(C)C. The van der Waals surface area contributed by atoms with Crippen molar-refractivity contribution in [3.63, 3.8) is 0 Å². The van der Waals surface area contributed by atoms with Gasteiger partial charge in [-0.1, -0.05) is 27.7 Å². The summed E-state index contributed by atoms with van der Waals surface area (Å²) in [4.78, 5) is 22.5. The Morgan fingerprint density at radius 2 is 1.39 bits per heavy atom. The van der Waals surface area contributed by atoms with Gasteiger partial charge < -0.3 is 9.47 Å². The molecule has 0 unspecified atom stereocenters. The first-order valence-electron chi connectivity index (χ1n) is 6.66. The Balaban J connectivity index is 3.27. The number of hydrogen-bond acceptors (Lipinski definition) is 4. The topological polar surface area (TPSA) is 52.6 Å². The largest absolute Gasteiger partial charge is 0.381 e. The smallest absolute Gasteiger partial charge is 0.160 e. The molecule has 0 rings (SSSR count). The Bertz CT molecular complexity index is 220. The van der Waals surface area contributed by atoms with Crippen molar-refractivity contribution in [1.82, 2.24) is 0 Å². The van der Waals surface area contributed by atoms with E-state index in [9.17, 15) is 9.59 Å². The highest BCUT2D eigenvalue weighted by molar-refractivity contribution is 5.81. The predicted octanol–water partition coefficient (Wildman–Crippen LogP) is 2.25. The molecule has 18 heavy (non-hydrogen) atoms. The summed E-state index contributed by atoms with van der Waals surface area (Å²) >= 11 is 0. The van der Waals surface area contributed by atoms with Crippen LogP contribution < -0.4 is 0 Å². The van der Waals surface area contributed by atoms with E-state index < -0.39 is 0 Å². The van der Waals surface area contributed by atoms with Gasteiger partial charge in [-0.05, 0) is 6.42 Å². The first-order valence-corrected chi connectivity index (χ1v) is 6.66. The third-order valence-electron chi connectivity index (χ3n) is 2.60. The lowest BCUT2D eigenvalue weighted by Gasteiger charge is -2.07. The minimum atomic E-state index is 0.0308. The van der Waals surface area contributed by atoms with Gasteiger partial charge in [-0.25, -0.2) is 0 Å². The van der Waals surface area contributed by atoms with Gasteiger partial charge in [-0.15, -0.1) is 0 Å². The predicted molar refractivity (Wildman–Crippen MR) is 70.6 cm³/mol. The molecule has 0 N–H and O–H groups in total. The molecule has 4 heteroatoms. The second kappa shape index (κ2) is 10.2. The number of Topliss-reactive ketones (excluding diaryl/α,β-unsaturated/α-hetero) is 2. The average Bonchev–Trinajstić information content (AvgIpc) is 2.31. The maximum absolute atomic E-state index is 11.3. The van der Waals surface area contributed by atoms with E-state index in [0.717, 1.165) is 6.42 Å². The van der Waals surface area contributed by atoms with Crippen molar-refractivity contribution in [3.8, 4) is 0 Å². The van der Waals surface area contributed by atoms with Crippen molar-refractivity contribution in [2.24, 2.45) is 11.8 Å². The third kappa shape index (κ3) is 9.31. The number of hydrogen-bond donors (Lipinski definition) is 0. The van der Waals surface area contributed by atoms with E-state index in [-0.39, 0.29) is 30.0 Å². The number of carbonyl (C=O) groups excluding carboxylic acids is 2. The fourth-order valence-corrected chi connectivity index (χ4v) is 1.17. The lowest BCUT2D eigenvalue weighted by atomic mass is 10.1. The summed E-state index contributed by atoms with van der Waals surface area (Å²) in [6.07, 6.45) is 1.23. The van der Waals surface area contributed by atoms with Gasteiger partial charge in [0.25, 0.3) is 0 Å². The van der Waals surface area contributed by atoms with Crippen molar-refractivity contribution < 1.29 is 19.1 Å². The highest BCUT2D eigenvalue weighted by Crippen LogP contribution is 1.99. The summed E-state index contributed by atoms with van der Waals surface area (Å²) in [5.41, 5.74) is 0. The van der Waals surface area contributed by atoms with Gasteiger partial charge in [0.2, 0.25) is 0 Å². The average molecular weight is 258 g/mol. The molecule has 0 aliphatic rings. The molecule has 4 nitrogen and oxygen atoms in total. The van der Waals surface area contributed by atoms with Crippen LogP contribution in [0.15, 0.2) is 0 Å². The van der Waals surface area contributed by atoms with Crippen molar-refractivity contribution >= 4 is 11.6 Å². The zero-order chi connectivity index (χ0) is 14.0. The van der Waals surface area contributed by atoms with Crippen LogP contribution in [0.4, 0.5) is 0 Å². The Labute approximate surface area is 110 Å². The molecule has 0 aliphatic carbocycles. The second-order valence-electron chi connectivity index (χ2n) is 5.01. The molecular weight excluding hydrogens is 232 g/mol. The van der Waals surface area contributed by atoms with Crippen LogP contribution in [0.2, 0.25) is 0 Å². The van der Waals surface area contributed by atoms with Gasteiger partial charge >= 0.3 is 0 Å². The van der Waals surface area contributed by atoms with Gasteiger partial charge in [-0.3, -0.25) is 9.59 Å². The van der Waals surface area contributed by atoms with Crippen molar-refractivity contribution in [3.05, 3.63) is 0 Å². The minimum absolute atomic E-state index is 0.0308. The van der Waals surface area contributed by atoms with Crippen molar-refractivity contribution in [1.29, 1.82) is 0 Å². The van der Waals surface area contributed by atoms with Crippen LogP contribution >= 0.6 is 0 Å². The van der Waals surface area contributed by atoms with Crippen LogP contribution in [0.3, 0.4) is 0 Å². The van der Waals surface area contributed by atoms with E-state index in [1.165, 1.54) is 0 Å². The van der Waals surface area contributed by atoms with Crippen LogP contribution in [0, 0.1) is 11.8 Å². The molecule has 0 aliphatic heterocycles. The molecule has 0 radical (unpaired) electrons. The second-order valence-corrected chi connectivity index (χ2v) is 5.01. The molecule has 106 valence electrons. The fraction of sp³-hybridized carbons (Fsp3) is 0.857. The van der Waals surface area contributed by atoms with E-state index >= 15 is 0 Å². The van der Waals surface area contributed by atoms with Gasteiger partial charge in [0.05, 0.1) is 6.61 Å². The Kier molecular flexibility index (Phi) is 9.79. The molecule has 0 amide bonds. The summed E-state index contributed by atoms with van der Waals surface area (Å²) in [6, 6.07) is 0. The zero-order valence-corrected chi connectivity index (χ0v) is 12.0. The van der Waals surface area contributed by atoms with E-state index in [4.69, 9.17) is 9.47 Å². The van der Waals surface area contributed by atoms with E-state index in [1.54, 1.807) is 0 Å². The number of carbonyl (C=O) groups is 2. The van der Waals surface area contributed by atoms with Crippen LogP contribution in [0.25, 0.3) is 0 Å². The third-order valence-corrected chi connectivity index (χ3v) is 2.60. The van der Waals surface area contributed by atoms with Crippen molar-refractivity contribution in [2.75, 3.05) is 26.4 Å². The maximum Gasteiger partial charge on any atom is 0.160 e. The normalized spacial score (nSPS) is 11.2. The van der Waals surface area contributed by atoms with Gasteiger partial charge in [0.1, 0.15) is 12.4 Å². The maximum atomic E-state index is 11.3. The number of ether oxygens (including phenoxy) is 2. The Morgan fingerprint density at radius 3 is 1.94 bits per heavy atom. The molecule has 0 aromatic heterocycles. The zero-order valence-electron chi connectivity index (χ0n) is 12.0. The highest BCUT2D eigenvalue weighted by Gasteiger charge is 2.07. The van der Waals surface area contributed by atoms with Crippen LogP contribution in [-0.4, -0.2) is 38.0 Å². The Morgan fingerprint density at radius 1 is 0.833 bits per heavy atom. The molecule has 0 heterocycles. The summed E-state index contributed by atoms with van der Waals surface area (Å²) in [7, 11) is 0. The quantitative estimate of drug-likeness (QED) is 0.533. The highest BCUT2D eigenvalue weighted by atomic mass is 16.5. The molecule has 0 atom stereocenters. The summed E-state index contributed by atoms with van der Waals surface area (Å²) < 4.78 is 10.5. The molecule has 0 spiro atoms. The molecule has 0 aromatic rings. The monoisotopic (exact) mass is 258 g/mol. The van der Waals surface area contributed by atoms with E-state index in [0.29, 0.717) is 26.2 Å². The number of ketones is 2. The summed E-state index contributed by atoms with van der Waals surface area (Å²) in [5, 5.41) is 0. The van der Waals surface area contributed by atoms with Gasteiger partial charge in [-0.2, -0.15) is 0 Å². The van der Waals surface area contributed by atoms with Crippen LogP contribution in [-0.2, 0) is 19.1 Å². The molecule has 0 bridgehead atoms. The molecular formula is C14H26O4. The fourth-order valence-electron chi connectivity index (χ4n) is 1.17. The lowest BCUT2D eigenvalue weighted by Crippen LogP contribution is -2.16. The van der Waals surface area contributed by atoms with Gasteiger partial charge in [0, 0.05) is 31.5 Å². The standard InChI is InChI=1S/C14H26O4/c1-11(2)13(15)6-9-17-7-5-8-18-10-14(16)12(3)4/h11-12H,5-10H2,1-4H3. The van der Waals surface area contributed by atoms with Crippen LogP contribution in [0.5, 0.6) is 0 Å². The summed E-state index contributed by atoms with van der Waals surface area (Å²) in [6.45, 7) is 9.26. The van der Waals surface area contributed by atoms with Gasteiger partial charge in [0.15, 0.2) is 5.78 Å². The molecule has 0 saturated heterocycles. The van der Waals surface area contributed by atoms with Crippen molar-refractivity contribution in [2.45, 2.75) is 40.5 Å². The number of rotatable bonds is 11. The first-order chi connectivity index (χ1) is 8.45. The first kappa shape index (κ1) is 17.3. The molecule has 0 aromatic carbocycles. The minimum Gasteiger partial charge on any atom is -0.381 e. The lowest BCUT2D eigenvalue weighted by molar-refractivity contribution is -0.127. The van der Waals surface area contributed by atoms with E-state index in [1.807, 2.05) is 27.7 Å². The van der Waals surface area contributed by atoms with E-state index in [2.05, 4.69) is 0 Å². The Hall–Kier alpha value is -0.740. The summed E-state index contributed by atoms with van der Waals surface area (Å²) in [5.74, 6) is 0.467. The molecule has 0 saturated carbocycles. The molecule has 0 fully saturated rings. The van der Waals surface area contributed by atoms with Crippen LogP contribution in [0.1, 0.15) is 40.5 Å².